The minimum absolute atomic E-state index is 0.811. The van der Waals surface area contributed by atoms with Gasteiger partial charge < -0.3 is 5.32 Å². The smallest absolute Gasteiger partial charge is 0.00697 e. The van der Waals surface area contributed by atoms with Crippen LogP contribution in [0.25, 0.3) is 0 Å². The molecule has 13 heavy (non-hydrogen) atoms. The van der Waals surface area contributed by atoms with Gasteiger partial charge >= 0.3 is 0 Å². The van der Waals surface area contributed by atoms with Gasteiger partial charge in [0.1, 0.15) is 0 Å². The summed E-state index contributed by atoms with van der Waals surface area (Å²) in [5.74, 6) is 0.954. The molecule has 1 nitrogen and oxygen atoms in total. The predicted molar refractivity (Wildman–Crippen MR) is 62.4 cm³/mol. The molecule has 2 heteroatoms. The molecule has 1 saturated carbocycles. The van der Waals surface area contributed by atoms with Gasteiger partial charge in [0, 0.05) is 11.3 Å². The Morgan fingerprint density at radius 2 is 2.23 bits per heavy atom. The topological polar surface area (TPSA) is 12.0 Å². The molecule has 0 heterocycles. The van der Waals surface area contributed by atoms with Gasteiger partial charge in [-0.05, 0) is 44.4 Å². The van der Waals surface area contributed by atoms with Gasteiger partial charge in [-0.3, -0.25) is 0 Å². The Hall–Kier alpha value is 0.310. The van der Waals surface area contributed by atoms with Crippen molar-refractivity contribution in [3.05, 3.63) is 0 Å². The maximum absolute atomic E-state index is 3.66. The lowest BCUT2D eigenvalue weighted by Crippen LogP contribution is -2.28. The van der Waals surface area contributed by atoms with E-state index in [0.717, 1.165) is 17.2 Å². The van der Waals surface area contributed by atoms with Crippen molar-refractivity contribution < 1.29 is 0 Å². The van der Waals surface area contributed by atoms with E-state index in [2.05, 4.69) is 25.4 Å². The van der Waals surface area contributed by atoms with E-state index in [0.29, 0.717) is 0 Å². The molecule has 0 aliphatic heterocycles. The Morgan fingerprint density at radius 3 is 2.77 bits per heavy atom. The summed E-state index contributed by atoms with van der Waals surface area (Å²) in [4.78, 5) is 0. The highest BCUT2D eigenvalue weighted by atomic mass is 32.2. The third-order valence-corrected chi connectivity index (χ3v) is 4.12. The zero-order valence-corrected chi connectivity index (χ0v) is 9.99. The molecule has 0 spiro atoms. The van der Waals surface area contributed by atoms with Crippen molar-refractivity contribution in [1.82, 2.24) is 5.32 Å². The van der Waals surface area contributed by atoms with Crippen LogP contribution in [0.2, 0.25) is 0 Å². The molecule has 78 valence electrons. The van der Waals surface area contributed by atoms with E-state index in [1.165, 1.54) is 32.2 Å². The first kappa shape index (κ1) is 11.4. The summed E-state index contributed by atoms with van der Waals surface area (Å²) in [6, 6.07) is 0.823. The van der Waals surface area contributed by atoms with Gasteiger partial charge in [0.25, 0.3) is 0 Å². The van der Waals surface area contributed by atoms with Gasteiger partial charge in [0.05, 0.1) is 0 Å². The summed E-state index contributed by atoms with van der Waals surface area (Å²) in [7, 11) is 0. The maximum atomic E-state index is 3.66. The van der Waals surface area contributed by atoms with Crippen LogP contribution in [0.15, 0.2) is 0 Å². The van der Waals surface area contributed by atoms with Gasteiger partial charge in [-0.2, -0.15) is 11.8 Å². The summed E-state index contributed by atoms with van der Waals surface area (Å²) >= 11 is 1.97. The van der Waals surface area contributed by atoms with Crippen LogP contribution in [-0.2, 0) is 0 Å². The fourth-order valence-electron chi connectivity index (χ4n) is 2.00. The highest BCUT2D eigenvalue weighted by Gasteiger charge is 2.20. The van der Waals surface area contributed by atoms with Gasteiger partial charge in [-0.1, -0.05) is 13.8 Å². The SMILES string of the molecule is CSC(C)CCNC1CCC(C)C1. The van der Waals surface area contributed by atoms with Gasteiger partial charge in [0.2, 0.25) is 0 Å². The van der Waals surface area contributed by atoms with Crippen LogP contribution in [0.4, 0.5) is 0 Å². The standard InChI is InChI=1S/C11H23NS/c1-9-4-5-11(8-9)12-7-6-10(2)13-3/h9-12H,4-8H2,1-3H3. The molecule has 1 aliphatic rings. The van der Waals surface area contributed by atoms with Gasteiger partial charge in [0.15, 0.2) is 0 Å². The first-order chi connectivity index (χ1) is 6.22. The molecule has 0 amide bonds. The van der Waals surface area contributed by atoms with E-state index in [9.17, 15) is 0 Å². The first-order valence-corrected chi connectivity index (χ1v) is 6.77. The second-order valence-electron chi connectivity index (χ2n) is 4.40. The largest absolute Gasteiger partial charge is 0.314 e. The number of rotatable bonds is 5. The van der Waals surface area contributed by atoms with Crippen molar-refractivity contribution in [3.63, 3.8) is 0 Å². The van der Waals surface area contributed by atoms with E-state index in [1.54, 1.807) is 0 Å². The fourth-order valence-corrected chi connectivity index (χ4v) is 2.35. The molecule has 1 rings (SSSR count). The lowest BCUT2D eigenvalue weighted by molar-refractivity contribution is 0.496. The summed E-state index contributed by atoms with van der Waals surface area (Å²) in [6.45, 7) is 5.88. The third-order valence-electron chi connectivity index (χ3n) is 3.08. The molecule has 3 atom stereocenters. The van der Waals surface area contributed by atoms with Crippen molar-refractivity contribution in [1.29, 1.82) is 0 Å². The number of nitrogens with one attached hydrogen (secondary N) is 1. The Morgan fingerprint density at radius 1 is 1.46 bits per heavy atom. The Labute approximate surface area is 87.1 Å². The Kier molecular flexibility index (Phi) is 5.18. The predicted octanol–water partition coefficient (Wildman–Crippen LogP) is 2.91. The quantitative estimate of drug-likeness (QED) is 0.734. The highest BCUT2D eigenvalue weighted by molar-refractivity contribution is 7.99. The van der Waals surface area contributed by atoms with E-state index in [1.807, 2.05) is 11.8 Å². The molecule has 0 aromatic heterocycles. The minimum atomic E-state index is 0.811. The molecule has 3 unspecified atom stereocenters. The molecule has 0 radical (unpaired) electrons. The van der Waals surface area contributed by atoms with Crippen molar-refractivity contribution in [3.8, 4) is 0 Å². The molecule has 0 aromatic rings. The van der Waals surface area contributed by atoms with E-state index in [-0.39, 0.29) is 0 Å². The number of hydrogen-bond acceptors (Lipinski definition) is 2. The van der Waals surface area contributed by atoms with E-state index < -0.39 is 0 Å². The lowest BCUT2D eigenvalue weighted by atomic mass is 10.1. The second kappa shape index (κ2) is 5.92. The molecule has 0 aromatic carbocycles. The summed E-state index contributed by atoms with van der Waals surface area (Å²) in [5, 5.41) is 4.48. The summed E-state index contributed by atoms with van der Waals surface area (Å²) < 4.78 is 0. The van der Waals surface area contributed by atoms with Crippen molar-refractivity contribution in [2.45, 2.75) is 50.8 Å². The van der Waals surface area contributed by atoms with E-state index in [4.69, 9.17) is 0 Å². The molecule has 1 fully saturated rings. The molecular weight excluding hydrogens is 178 g/mol. The first-order valence-electron chi connectivity index (χ1n) is 5.48. The Bertz CT molecular complexity index is 138. The van der Waals surface area contributed by atoms with Crippen LogP contribution in [-0.4, -0.2) is 24.1 Å². The summed E-state index contributed by atoms with van der Waals surface area (Å²) in [5.41, 5.74) is 0. The zero-order chi connectivity index (χ0) is 9.68. The van der Waals surface area contributed by atoms with Crippen LogP contribution in [0, 0.1) is 5.92 Å². The molecule has 0 bridgehead atoms. The molecular formula is C11H23NS. The molecule has 1 N–H and O–H groups in total. The van der Waals surface area contributed by atoms with Crippen LogP contribution >= 0.6 is 11.8 Å². The number of thioether (sulfide) groups is 1. The van der Waals surface area contributed by atoms with Gasteiger partial charge in [-0.25, -0.2) is 0 Å². The van der Waals surface area contributed by atoms with Crippen molar-refractivity contribution in [2.24, 2.45) is 5.92 Å². The van der Waals surface area contributed by atoms with Crippen LogP contribution < -0.4 is 5.32 Å². The normalized spacial score (nSPS) is 30.7. The molecule has 0 saturated heterocycles. The Balaban J connectivity index is 2.00. The van der Waals surface area contributed by atoms with Crippen LogP contribution in [0.5, 0.6) is 0 Å². The second-order valence-corrected chi connectivity index (χ2v) is 5.68. The van der Waals surface area contributed by atoms with Crippen LogP contribution in [0.1, 0.15) is 39.5 Å². The maximum Gasteiger partial charge on any atom is 0.00697 e. The third kappa shape index (κ3) is 4.37. The lowest BCUT2D eigenvalue weighted by Gasteiger charge is -2.14. The summed E-state index contributed by atoms with van der Waals surface area (Å²) in [6.07, 6.45) is 7.73. The van der Waals surface area contributed by atoms with Crippen LogP contribution in [0.3, 0.4) is 0 Å². The molecule has 1 aliphatic carbocycles. The van der Waals surface area contributed by atoms with Gasteiger partial charge in [-0.15, -0.1) is 0 Å². The van der Waals surface area contributed by atoms with Crippen molar-refractivity contribution in [2.75, 3.05) is 12.8 Å². The minimum Gasteiger partial charge on any atom is -0.314 e. The monoisotopic (exact) mass is 201 g/mol. The average Bonchev–Trinajstić information content (AvgIpc) is 2.51. The zero-order valence-electron chi connectivity index (χ0n) is 9.18. The number of hydrogen-bond donors (Lipinski definition) is 1. The van der Waals surface area contributed by atoms with E-state index >= 15 is 0 Å². The fraction of sp³-hybridized carbons (Fsp3) is 1.00. The highest BCUT2D eigenvalue weighted by Crippen LogP contribution is 2.24. The van der Waals surface area contributed by atoms with Crippen molar-refractivity contribution >= 4 is 11.8 Å². The average molecular weight is 201 g/mol.